The SMILES string of the molecule is CN=C(NCCc1cccc(C(=O)NC)c1)NCC1CCCC(C)C1. The third-order valence-corrected chi connectivity index (χ3v) is 4.95. The quantitative estimate of drug-likeness (QED) is 0.549. The van der Waals surface area contributed by atoms with E-state index in [2.05, 4.69) is 27.9 Å². The number of carbonyl (C=O) groups is 1. The molecule has 138 valence electrons. The van der Waals surface area contributed by atoms with Gasteiger partial charge in [-0.15, -0.1) is 0 Å². The maximum Gasteiger partial charge on any atom is 0.251 e. The van der Waals surface area contributed by atoms with Crippen molar-refractivity contribution in [3.63, 3.8) is 0 Å². The zero-order valence-corrected chi connectivity index (χ0v) is 15.8. The topological polar surface area (TPSA) is 65.5 Å². The highest BCUT2D eigenvalue weighted by molar-refractivity contribution is 5.94. The first-order valence-electron chi connectivity index (χ1n) is 9.38. The Labute approximate surface area is 151 Å². The molecule has 1 aliphatic rings. The molecule has 1 aliphatic carbocycles. The molecule has 1 amide bonds. The average Bonchev–Trinajstić information content (AvgIpc) is 2.64. The van der Waals surface area contributed by atoms with Crippen molar-refractivity contribution in [2.24, 2.45) is 16.8 Å². The van der Waals surface area contributed by atoms with Gasteiger partial charge in [-0.3, -0.25) is 9.79 Å². The molecule has 1 aromatic carbocycles. The number of hydrogen-bond donors (Lipinski definition) is 3. The molecule has 0 spiro atoms. The summed E-state index contributed by atoms with van der Waals surface area (Å²) >= 11 is 0. The summed E-state index contributed by atoms with van der Waals surface area (Å²) in [5, 5.41) is 9.49. The first-order valence-corrected chi connectivity index (χ1v) is 9.38. The summed E-state index contributed by atoms with van der Waals surface area (Å²) < 4.78 is 0. The Morgan fingerprint density at radius 3 is 2.84 bits per heavy atom. The number of guanidine groups is 1. The molecule has 25 heavy (non-hydrogen) atoms. The third kappa shape index (κ3) is 6.40. The van der Waals surface area contributed by atoms with Crippen molar-refractivity contribution >= 4 is 11.9 Å². The second-order valence-corrected chi connectivity index (χ2v) is 7.05. The number of amides is 1. The van der Waals surface area contributed by atoms with E-state index in [0.29, 0.717) is 5.56 Å². The number of benzene rings is 1. The second kappa shape index (κ2) is 10.1. The van der Waals surface area contributed by atoms with Gasteiger partial charge in [0.05, 0.1) is 0 Å². The lowest BCUT2D eigenvalue weighted by molar-refractivity contribution is 0.0963. The predicted octanol–water partition coefficient (Wildman–Crippen LogP) is 2.58. The lowest BCUT2D eigenvalue weighted by Crippen LogP contribution is -2.41. The molecule has 2 unspecified atom stereocenters. The lowest BCUT2D eigenvalue weighted by Gasteiger charge is -2.27. The fourth-order valence-electron chi connectivity index (χ4n) is 3.54. The van der Waals surface area contributed by atoms with Crippen molar-refractivity contribution in [1.82, 2.24) is 16.0 Å². The Bertz CT molecular complexity index is 585. The Morgan fingerprint density at radius 1 is 1.28 bits per heavy atom. The molecule has 0 heterocycles. The van der Waals surface area contributed by atoms with Gasteiger partial charge >= 0.3 is 0 Å². The molecule has 1 saturated carbocycles. The van der Waals surface area contributed by atoms with E-state index in [4.69, 9.17) is 0 Å². The van der Waals surface area contributed by atoms with Crippen molar-refractivity contribution < 1.29 is 4.79 Å². The minimum Gasteiger partial charge on any atom is -0.356 e. The van der Waals surface area contributed by atoms with E-state index in [1.54, 1.807) is 7.05 Å². The zero-order chi connectivity index (χ0) is 18.1. The molecule has 0 aliphatic heterocycles. The molecular formula is C20H32N4O. The van der Waals surface area contributed by atoms with E-state index >= 15 is 0 Å². The van der Waals surface area contributed by atoms with Gasteiger partial charge in [0.15, 0.2) is 5.96 Å². The predicted molar refractivity (Wildman–Crippen MR) is 104 cm³/mol. The molecule has 2 rings (SSSR count). The molecule has 5 heteroatoms. The normalized spacial score (nSPS) is 20.8. The Morgan fingerprint density at radius 2 is 2.12 bits per heavy atom. The van der Waals surface area contributed by atoms with Gasteiger partial charge in [0.2, 0.25) is 0 Å². The smallest absolute Gasteiger partial charge is 0.251 e. The van der Waals surface area contributed by atoms with Crippen molar-refractivity contribution in [1.29, 1.82) is 0 Å². The molecule has 0 radical (unpaired) electrons. The van der Waals surface area contributed by atoms with Crippen LogP contribution in [0.2, 0.25) is 0 Å². The Kier molecular flexibility index (Phi) is 7.76. The minimum atomic E-state index is -0.0472. The maximum absolute atomic E-state index is 11.7. The number of nitrogens with one attached hydrogen (secondary N) is 3. The minimum absolute atomic E-state index is 0.0472. The van der Waals surface area contributed by atoms with E-state index in [1.807, 2.05) is 31.3 Å². The van der Waals surface area contributed by atoms with Crippen LogP contribution < -0.4 is 16.0 Å². The summed E-state index contributed by atoms with van der Waals surface area (Å²) in [6.45, 7) is 4.14. The van der Waals surface area contributed by atoms with Crippen molar-refractivity contribution in [2.75, 3.05) is 27.2 Å². The largest absolute Gasteiger partial charge is 0.356 e. The summed E-state index contributed by atoms with van der Waals surface area (Å²) in [5.41, 5.74) is 1.85. The second-order valence-electron chi connectivity index (χ2n) is 7.05. The highest BCUT2D eigenvalue weighted by Crippen LogP contribution is 2.27. The van der Waals surface area contributed by atoms with E-state index < -0.39 is 0 Å². The standard InChI is InChI=1S/C20H32N4O/c1-15-6-4-8-17(12-15)14-24-20(22-3)23-11-10-16-7-5-9-18(13-16)19(25)21-2/h5,7,9,13,15,17H,4,6,8,10-12,14H2,1-3H3,(H,21,25)(H2,22,23,24). The van der Waals surface area contributed by atoms with Gasteiger partial charge in [0, 0.05) is 32.7 Å². The number of nitrogens with zero attached hydrogens (tertiary/aromatic N) is 1. The van der Waals surface area contributed by atoms with Crippen LogP contribution in [0.15, 0.2) is 29.3 Å². The molecule has 5 nitrogen and oxygen atoms in total. The molecule has 1 aromatic rings. The summed E-state index contributed by atoms with van der Waals surface area (Å²) in [6, 6.07) is 7.76. The van der Waals surface area contributed by atoms with Gasteiger partial charge in [-0.05, 0) is 48.8 Å². The van der Waals surface area contributed by atoms with Crippen molar-refractivity contribution in [3.05, 3.63) is 35.4 Å². The van der Waals surface area contributed by atoms with Crippen LogP contribution in [-0.2, 0) is 6.42 Å². The third-order valence-electron chi connectivity index (χ3n) is 4.95. The van der Waals surface area contributed by atoms with E-state index in [1.165, 1.54) is 25.7 Å². The van der Waals surface area contributed by atoms with Crippen molar-refractivity contribution in [3.8, 4) is 0 Å². The van der Waals surface area contributed by atoms with Gasteiger partial charge in [-0.2, -0.15) is 0 Å². The monoisotopic (exact) mass is 344 g/mol. The summed E-state index contributed by atoms with van der Waals surface area (Å²) in [7, 11) is 3.46. The fraction of sp³-hybridized carbons (Fsp3) is 0.600. The highest BCUT2D eigenvalue weighted by atomic mass is 16.1. The maximum atomic E-state index is 11.7. The number of aliphatic imine (C=N–C) groups is 1. The number of carbonyl (C=O) groups excluding carboxylic acids is 1. The van der Waals surface area contributed by atoms with Crippen LogP contribution in [-0.4, -0.2) is 39.1 Å². The molecule has 3 N–H and O–H groups in total. The molecule has 1 fully saturated rings. The van der Waals surface area contributed by atoms with Crippen LogP contribution in [0.4, 0.5) is 0 Å². The number of rotatable bonds is 6. The summed E-state index contributed by atoms with van der Waals surface area (Å²) in [5.74, 6) is 2.42. The fourth-order valence-corrected chi connectivity index (χ4v) is 3.54. The number of hydrogen-bond acceptors (Lipinski definition) is 2. The van der Waals surface area contributed by atoms with Crippen LogP contribution >= 0.6 is 0 Å². The van der Waals surface area contributed by atoms with Gasteiger partial charge in [0.1, 0.15) is 0 Å². The molecular weight excluding hydrogens is 312 g/mol. The Hall–Kier alpha value is -2.04. The van der Waals surface area contributed by atoms with Gasteiger partial charge in [-0.25, -0.2) is 0 Å². The van der Waals surface area contributed by atoms with E-state index in [0.717, 1.165) is 42.9 Å². The molecule has 0 saturated heterocycles. The first-order chi connectivity index (χ1) is 12.1. The van der Waals surface area contributed by atoms with Gasteiger partial charge in [0.25, 0.3) is 5.91 Å². The van der Waals surface area contributed by atoms with Gasteiger partial charge in [-0.1, -0.05) is 31.9 Å². The lowest BCUT2D eigenvalue weighted by atomic mass is 9.82. The van der Waals surface area contributed by atoms with Crippen LogP contribution in [0.1, 0.15) is 48.5 Å². The molecule has 0 aromatic heterocycles. The van der Waals surface area contributed by atoms with Crippen LogP contribution in [0.25, 0.3) is 0 Å². The summed E-state index contributed by atoms with van der Waals surface area (Å²) in [6.07, 6.45) is 6.21. The molecule has 0 bridgehead atoms. The summed E-state index contributed by atoms with van der Waals surface area (Å²) in [4.78, 5) is 16.0. The first kappa shape index (κ1) is 19.3. The van der Waals surface area contributed by atoms with Crippen molar-refractivity contribution in [2.45, 2.75) is 39.0 Å². The highest BCUT2D eigenvalue weighted by Gasteiger charge is 2.18. The Balaban J connectivity index is 1.74. The average molecular weight is 345 g/mol. The van der Waals surface area contributed by atoms with E-state index in [-0.39, 0.29) is 5.91 Å². The van der Waals surface area contributed by atoms with Crippen LogP contribution in [0.5, 0.6) is 0 Å². The van der Waals surface area contributed by atoms with Crippen LogP contribution in [0.3, 0.4) is 0 Å². The van der Waals surface area contributed by atoms with Crippen LogP contribution in [0, 0.1) is 11.8 Å². The van der Waals surface area contributed by atoms with E-state index in [9.17, 15) is 4.79 Å². The van der Waals surface area contributed by atoms with Gasteiger partial charge < -0.3 is 16.0 Å². The zero-order valence-electron chi connectivity index (χ0n) is 15.8. The molecule has 2 atom stereocenters.